The molecule has 0 atom stereocenters. The molecular formula is C29H38O3. The Morgan fingerprint density at radius 2 is 1.25 bits per heavy atom. The van der Waals surface area contributed by atoms with Crippen LogP contribution >= 0.6 is 0 Å². The Morgan fingerprint density at radius 1 is 0.781 bits per heavy atom. The van der Waals surface area contributed by atoms with E-state index in [0.717, 1.165) is 58.3 Å². The van der Waals surface area contributed by atoms with Gasteiger partial charge in [0.1, 0.15) is 22.7 Å². The number of rotatable bonds is 10. The molecule has 3 nitrogen and oxygen atoms in total. The zero-order chi connectivity index (χ0) is 23.5. The number of hydrogen-bond acceptors (Lipinski definition) is 3. The van der Waals surface area contributed by atoms with Crippen LogP contribution in [0, 0.1) is 0 Å². The quantitative estimate of drug-likeness (QED) is 0.237. The van der Waals surface area contributed by atoms with Gasteiger partial charge in [-0.15, -0.1) is 13.2 Å². The summed E-state index contributed by atoms with van der Waals surface area (Å²) in [5.74, 6) is 1.82. The van der Waals surface area contributed by atoms with Gasteiger partial charge in [0.05, 0.1) is 13.2 Å². The molecule has 0 unspecified atom stereocenters. The standard InChI is InChI=1S/C29H38O3/c1-9-12-14-30-26-16-20-21-17-27(31-15-13-10-2)23(29(7,8)11-3)19-25(21)32-24(20)18-22(26)28(4,5)6/h9-10,16-19H,1-2,11-15H2,3-8H3. The van der Waals surface area contributed by atoms with Crippen LogP contribution in [0.4, 0.5) is 0 Å². The largest absolute Gasteiger partial charge is 0.493 e. The van der Waals surface area contributed by atoms with E-state index in [0.29, 0.717) is 13.2 Å². The first kappa shape index (κ1) is 24.0. The summed E-state index contributed by atoms with van der Waals surface area (Å²) in [6.07, 6.45) is 6.40. The van der Waals surface area contributed by atoms with E-state index in [1.807, 2.05) is 12.2 Å². The van der Waals surface area contributed by atoms with Crippen molar-refractivity contribution in [2.24, 2.45) is 0 Å². The van der Waals surface area contributed by atoms with Gasteiger partial charge in [-0.05, 0) is 54.4 Å². The van der Waals surface area contributed by atoms with Gasteiger partial charge in [-0.1, -0.05) is 53.7 Å². The van der Waals surface area contributed by atoms with Crippen LogP contribution < -0.4 is 9.47 Å². The van der Waals surface area contributed by atoms with Crippen LogP contribution in [0.5, 0.6) is 11.5 Å². The second kappa shape index (κ2) is 9.44. The molecule has 0 saturated heterocycles. The molecule has 172 valence electrons. The summed E-state index contributed by atoms with van der Waals surface area (Å²) in [6, 6.07) is 8.57. The van der Waals surface area contributed by atoms with E-state index in [-0.39, 0.29) is 10.8 Å². The van der Waals surface area contributed by atoms with Gasteiger partial charge in [-0.25, -0.2) is 0 Å². The molecule has 0 spiro atoms. The third kappa shape index (κ3) is 4.87. The van der Waals surface area contributed by atoms with Gasteiger partial charge >= 0.3 is 0 Å². The average Bonchev–Trinajstić information content (AvgIpc) is 3.09. The fourth-order valence-electron chi connectivity index (χ4n) is 3.88. The lowest BCUT2D eigenvalue weighted by molar-refractivity contribution is 0.313. The molecule has 2 aromatic carbocycles. The number of benzene rings is 2. The van der Waals surface area contributed by atoms with Crippen LogP contribution in [0.2, 0.25) is 0 Å². The van der Waals surface area contributed by atoms with Gasteiger partial charge in [-0.2, -0.15) is 0 Å². The molecule has 0 fully saturated rings. The summed E-state index contributed by atoms with van der Waals surface area (Å²) < 4.78 is 18.8. The predicted octanol–water partition coefficient (Wildman–Crippen LogP) is 8.48. The molecule has 1 aromatic heterocycles. The van der Waals surface area contributed by atoms with Crippen LogP contribution in [0.3, 0.4) is 0 Å². The summed E-state index contributed by atoms with van der Waals surface area (Å²) in [7, 11) is 0. The maximum atomic E-state index is 6.39. The van der Waals surface area contributed by atoms with Crippen molar-refractivity contribution in [1.29, 1.82) is 0 Å². The highest BCUT2D eigenvalue weighted by Gasteiger charge is 2.26. The lowest BCUT2D eigenvalue weighted by atomic mass is 9.81. The summed E-state index contributed by atoms with van der Waals surface area (Å²) >= 11 is 0. The molecule has 3 aromatic rings. The van der Waals surface area contributed by atoms with Crippen molar-refractivity contribution < 1.29 is 13.9 Å². The fourth-order valence-corrected chi connectivity index (χ4v) is 3.88. The molecule has 0 radical (unpaired) electrons. The van der Waals surface area contributed by atoms with E-state index in [1.165, 1.54) is 5.56 Å². The number of ether oxygens (including phenoxy) is 2. The summed E-state index contributed by atoms with van der Waals surface area (Å²) in [5, 5.41) is 2.11. The molecule has 0 aliphatic rings. The Bertz CT molecular complexity index is 1110. The van der Waals surface area contributed by atoms with Gasteiger partial charge in [0.15, 0.2) is 0 Å². The van der Waals surface area contributed by atoms with E-state index < -0.39 is 0 Å². The molecule has 0 aliphatic carbocycles. The van der Waals surface area contributed by atoms with E-state index in [9.17, 15) is 0 Å². The Hall–Kier alpha value is -2.68. The van der Waals surface area contributed by atoms with Crippen molar-refractivity contribution in [2.45, 2.75) is 71.6 Å². The Labute approximate surface area is 193 Å². The third-order valence-corrected chi connectivity index (χ3v) is 6.25. The first-order chi connectivity index (χ1) is 15.1. The average molecular weight is 435 g/mol. The Morgan fingerprint density at radius 3 is 1.69 bits per heavy atom. The SMILES string of the molecule is C=CCCOc1cc2c(cc1C(C)(C)C)oc1cc(C(C)(C)CC)c(OCCC=C)cc12. The van der Waals surface area contributed by atoms with E-state index >= 15 is 0 Å². The fraction of sp³-hybridized carbons (Fsp3) is 0.448. The van der Waals surface area contributed by atoms with Crippen molar-refractivity contribution >= 4 is 21.9 Å². The van der Waals surface area contributed by atoms with E-state index in [2.05, 4.69) is 79.0 Å². The topological polar surface area (TPSA) is 31.6 Å². The lowest BCUT2D eigenvalue weighted by Gasteiger charge is -2.26. The van der Waals surface area contributed by atoms with Crippen LogP contribution in [0.1, 0.15) is 71.9 Å². The maximum Gasteiger partial charge on any atom is 0.135 e. The first-order valence-electron chi connectivity index (χ1n) is 11.6. The molecule has 0 amide bonds. The third-order valence-electron chi connectivity index (χ3n) is 6.25. The number of hydrogen-bond donors (Lipinski definition) is 0. The first-order valence-corrected chi connectivity index (χ1v) is 11.6. The maximum absolute atomic E-state index is 6.39. The molecule has 32 heavy (non-hydrogen) atoms. The molecule has 1 heterocycles. The minimum atomic E-state index is -0.0645. The van der Waals surface area contributed by atoms with Crippen molar-refractivity contribution in [1.82, 2.24) is 0 Å². The zero-order valence-corrected chi connectivity index (χ0v) is 20.6. The van der Waals surface area contributed by atoms with Gasteiger partial charge in [0, 0.05) is 21.9 Å². The smallest absolute Gasteiger partial charge is 0.135 e. The molecule has 3 rings (SSSR count). The summed E-state index contributed by atoms with van der Waals surface area (Å²) in [5.41, 5.74) is 4.00. The van der Waals surface area contributed by atoms with Crippen LogP contribution in [-0.4, -0.2) is 13.2 Å². The van der Waals surface area contributed by atoms with Crippen LogP contribution in [0.15, 0.2) is 54.0 Å². The minimum Gasteiger partial charge on any atom is -0.493 e. The molecule has 0 N–H and O–H groups in total. The highest BCUT2D eigenvalue weighted by molar-refractivity contribution is 6.06. The van der Waals surface area contributed by atoms with Crippen molar-refractivity contribution in [2.75, 3.05) is 13.2 Å². The van der Waals surface area contributed by atoms with Crippen molar-refractivity contribution in [3.05, 3.63) is 60.7 Å². The molecule has 0 aliphatic heterocycles. The lowest BCUT2D eigenvalue weighted by Crippen LogP contribution is -2.17. The van der Waals surface area contributed by atoms with Gasteiger partial charge in [0.25, 0.3) is 0 Å². The molecular weight excluding hydrogens is 396 g/mol. The summed E-state index contributed by atoms with van der Waals surface area (Å²) in [4.78, 5) is 0. The van der Waals surface area contributed by atoms with Gasteiger partial charge in [-0.3, -0.25) is 0 Å². The predicted molar refractivity (Wildman–Crippen MR) is 136 cm³/mol. The highest BCUT2D eigenvalue weighted by atomic mass is 16.5. The second-order valence-electron chi connectivity index (χ2n) is 10.1. The second-order valence-corrected chi connectivity index (χ2v) is 10.1. The van der Waals surface area contributed by atoms with Crippen LogP contribution in [-0.2, 0) is 10.8 Å². The molecule has 0 saturated carbocycles. The number of furan rings is 1. The number of fused-ring (bicyclic) bond motifs is 3. The van der Waals surface area contributed by atoms with Crippen molar-refractivity contribution in [3.8, 4) is 11.5 Å². The summed E-state index contributed by atoms with van der Waals surface area (Å²) in [6.45, 7) is 22.1. The zero-order valence-electron chi connectivity index (χ0n) is 20.6. The van der Waals surface area contributed by atoms with E-state index in [1.54, 1.807) is 0 Å². The monoisotopic (exact) mass is 434 g/mol. The van der Waals surface area contributed by atoms with Crippen LogP contribution in [0.25, 0.3) is 21.9 Å². The normalized spacial score (nSPS) is 12.3. The Kier molecular flexibility index (Phi) is 7.07. The Balaban J connectivity index is 2.23. The molecule has 3 heteroatoms. The van der Waals surface area contributed by atoms with E-state index in [4.69, 9.17) is 13.9 Å². The molecule has 0 bridgehead atoms. The highest BCUT2D eigenvalue weighted by Crippen LogP contribution is 2.43. The van der Waals surface area contributed by atoms with Crippen molar-refractivity contribution in [3.63, 3.8) is 0 Å². The minimum absolute atomic E-state index is 0.0216. The van der Waals surface area contributed by atoms with Gasteiger partial charge in [0.2, 0.25) is 0 Å². The van der Waals surface area contributed by atoms with Gasteiger partial charge < -0.3 is 13.9 Å².